The van der Waals surface area contributed by atoms with Crippen LogP contribution in [0.1, 0.15) is 36.2 Å². The van der Waals surface area contributed by atoms with E-state index < -0.39 is 31.3 Å². The van der Waals surface area contributed by atoms with Crippen LogP contribution in [-0.2, 0) is 16.0 Å². The van der Waals surface area contributed by atoms with Gasteiger partial charge in [-0.3, -0.25) is 9.59 Å². The van der Waals surface area contributed by atoms with E-state index in [1.165, 1.54) is 0 Å². The quantitative estimate of drug-likeness (QED) is 0.274. The van der Waals surface area contributed by atoms with Crippen molar-refractivity contribution in [2.75, 3.05) is 0 Å². The van der Waals surface area contributed by atoms with Crippen LogP contribution in [0.15, 0.2) is 60.7 Å². The van der Waals surface area contributed by atoms with Crippen LogP contribution in [0.4, 0.5) is 0 Å². The molecule has 0 aliphatic rings. The molecule has 0 aliphatic carbocycles. The number of carbonyl (C=O) groups excluding carboxylic acids is 1. The third-order valence-corrected chi connectivity index (χ3v) is 3.96. The van der Waals surface area contributed by atoms with Crippen LogP contribution in [0.2, 0.25) is 0 Å². The van der Waals surface area contributed by atoms with Crippen molar-refractivity contribution in [1.82, 2.24) is 5.32 Å². The van der Waals surface area contributed by atoms with Crippen molar-refractivity contribution in [2.24, 2.45) is 11.7 Å². The maximum atomic E-state index is 12.0. The van der Waals surface area contributed by atoms with Gasteiger partial charge < -0.3 is 36.3 Å². The van der Waals surface area contributed by atoms with E-state index in [0.29, 0.717) is 17.9 Å². The standard InChI is InChI=1S/C16H15NO3.C6H13NO2.BH3O3/c18-15(13-9-5-2-6-10-13)17-14(16(19)20)11-12-7-3-1-4-8-12;1-4(2)3-5(7)6(8)9;2-1(3)4/h1-10,14H,11H2,(H,17,18)(H,19,20);4-5H,3,7H2,1-2H3,(H,8,9);2-4H/t14-;5-;/m00./s1. The monoisotopic (exact) mass is 462 g/mol. The summed E-state index contributed by atoms with van der Waals surface area (Å²) in [4.78, 5) is 33.3. The Labute approximate surface area is 192 Å². The first kappa shape index (κ1) is 29.8. The van der Waals surface area contributed by atoms with Crippen LogP contribution >= 0.6 is 0 Å². The summed E-state index contributed by atoms with van der Waals surface area (Å²) in [5, 5.41) is 41.6. The minimum atomic E-state index is -2.17. The first-order chi connectivity index (χ1) is 15.4. The van der Waals surface area contributed by atoms with E-state index in [9.17, 15) is 19.5 Å². The molecule has 2 atom stereocenters. The predicted molar refractivity (Wildman–Crippen MR) is 123 cm³/mol. The first-order valence-electron chi connectivity index (χ1n) is 10.1. The zero-order chi connectivity index (χ0) is 25.4. The lowest BCUT2D eigenvalue weighted by Crippen LogP contribution is -2.42. The van der Waals surface area contributed by atoms with Crippen molar-refractivity contribution in [1.29, 1.82) is 0 Å². The summed E-state index contributed by atoms with van der Waals surface area (Å²) in [6.45, 7) is 3.89. The fourth-order valence-electron chi connectivity index (χ4n) is 2.49. The van der Waals surface area contributed by atoms with Crippen LogP contribution < -0.4 is 11.1 Å². The Morgan fingerprint density at radius 2 is 1.33 bits per heavy atom. The maximum Gasteiger partial charge on any atom is 0.631 e. The molecule has 0 bridgehead atoms. The van der Waals surface area contributed by atoms with Gasteiger partial charge in [0.2, 0.25) is 0 Å². The molecule has 2 rings (SSSR count). The van der Waals surface area contributed by atoms with Gasteiger partial charge >= 0.3 is 19.3 Å². The zero-order valence-corrected chi connectivity index (χ0v) is 18.5. The van der Waals surface area contributed by atoms with E-state index in [2.05, 4.69) is 5.32 Å². The second-order valence-electron chi connectivity index (χ2n) is 7.34. The Hall–Kier alpha value is -3.25. The van der Waals surface area contributed by atoms with Crippen molar-refractivity contribution >= 4 is 25.2 Å². The number of rotatable bonds is 8. The molecule has 0 heterocycles. The minimum absolute atomic E-state index is 0.259. The minimum Gasteiger partial charge on any atom is -0.480 e. The van der Waals surface area contributed by atoms with Crippen molar-refractivity contribution in [3.63, 3.8) is 0 Å². The van der Waals surface area contributed by atoms with Gasteiger partial charge in [-0.25, -0.2) is 4.79 Å². The molecule has 0 saturated heterocycles. The van der Waals surface area contributed by atoms with Gasteiger partial charge in [0.1, 0.15) is 12.1 Å². The Bertz CT molecular complexity index is 832. The summed E-state index contributed by atoms with van der Waals surface area (Å²) in [6, 6.07) is 16.2. The second-order valence-corrected chi connectivity index (χ2v) is 7.34. The number of nitrogens with one attached hydrogen (secondary N) is 1. The summed E-state index contributed by atoms with van der Waals surface area (Å²) in [7, 11) is -2.17. The molecule has 0 spiro atoms. The molecule has 0 aromatic heterocycles. The van der Waals surface area contributed by atoms with E-state index in [1.807, 2.05) is 44.2 Å². The van der Waals surface area contributed by atoms with E-state index in [-0.39, 0.29) is 12.3 Å². The summed E-state index contributed by atoms with van der Waals surface area (Å²) in [5.41, 5.74) is 6.54. The topological polar surface area (TPSA) is 190 Å². The van der Waals surface area contributed by atoms with Gasteiger partial charge in [0.05, 0.1) is 0 Å². The molecule has 180 valence electrons. The van der Waals surface area contributed by atoms with Crippen LogP contribution in [0.5, 0.6) is 0 Å². The van der Waals surface area contributed by atoms with Crippen molar-refractivity contribution < 1.29 is 39.7 Å². The molecule has 0 aliphatic heterocycles. The van der Waals surface area contributed by atoms with E-state index in [4.69, 9.17) is 25.9 Å². The van der Waals surface area contributed by atoms with E-state index in [0.717, 1.165) is 5.56 Å². The molecule has 8 N–H and O–H groups in total. The highest BCUT2D eigenvalue weighted by molar-refractivity contribution is 6.30. The molecule has 0 saturated carbocycles. The summed E-state index contributed by atoms with van der Waals surface area (Å²) >= 11 is 0. The van der Waals surface area contributed by atoms with E-state index >= 15 is 0 Å². The molecule has 2 aromatic rings. The lowest BCUT2D eigenvalue weighted by Gasteiger charge is -2.14. The van der Waals surface area contributed by atoms with Gasteiger partial charge in [-0.05, 0) is 30.0 Å². The van der Waals surface area contributed by atoms with Crippen LogP contribution in [-0.4, -0.2) is 62.5 Å². The predicted octanol–water partition coefficient (Wildman–Crippen LogP) is 0.505. The number of carboxylic acids is 2. The lowest BCUT2D eigenvalue weighted by atomic mass is 10.1. The average Bonchev–Trinajstić information content (AvgIpc) is 2.74. The molecule has 1 amide bonds. The van der Waals surface area contributed by atoms with Gasteiger partial charge in [-0.2, -0.15) is 0 Å². The fraction of sp³-hybridized carbons (Fsp3) is 0.318. The van der Waals surface area contributed by atoms with Crippen LogP contribution in [0, 0.1) is 5.92 Å². The molecular weight excluding hydrogens is 431 g/mol. The SMILES string of the molecule is CC(C)C[C@H](N)C(=O)O.O=C(N[C@@H](Cc1ccccc1)C(=O)O)c1ccccc1.OB(O)O. The Morgan fingerprint density at radius 1 is 0.879 bits per heavy atom. The highest BCUT2D eigenvalue weighted by atomic mass is 16.5. The molecule has 11 heteroatoms. The lowest BCUT2D eigenvalue weighted by molar-refractivity contribution is -0.140. The molecule has 0 fully saturated rings. The van der Waals surface area contributed by atoms with Gasteiger partial charge in [0.15, 0.2) is 0 Å². The highest BCUT2D eigenvalue weighted by Gasteiger charge is 2.20. The molecule has 10 nitrogen and oxygen atoms in total. The highest BCUT2D eigenvalue weighted by Crippen LogP contribution is 2.05. The maximum absolute atomic E-state index is 12.0. The Morgan fingerprint density at radius 3 is 1.70 bits per heavy atom. The third kappa shape index (κ3) is 15.2. The van der Waals surface area contributed by atoms with Crippen molar-refractivity contribution in [3.8, 4) is 0 Å². The number of amides is 1. The molecule has 0 unspecified atom stereocenters. The average molecular weight is 462 g/mol. The number of aliphatic carboxylic acids is 2. The number of hydrogen-bond acceptors (Lipinski definition) is 7. The smallest absolute Gasteiger partial charge is 0.480 e. The molecule has 0 radical (unpaired) electrons. The summed E-state index contributed by atoms with van der Waals surface area (Å²) in [6.07, 6.45) is 0.810. The second kappa shape index (κ2) is 16.4. The zero-order valence-electron chi connectivity index (χ0n) is 18.5. The number of nitrogens with two attached hydrogens (primary N) is 1. The van der Waals surface area contributed by atoms with Gasteiger partial charge in [-0.15, -0.1) is 0 Å². The Balaban J connectivity index is 0.000000657. The van der Waals surface area contributed by atoms with Gasteiger partial charge in [-0.1, -0.05) is 62.4 Å². The van der Waals surface area contributed by atoms with Crippen LogP contribution in [0.25, 0.3) is 0 Å². The van der Waals surface area contributed by atoms with E-state index in [1.54, 1.807) is 30.3 Å². The van der Waals surface area contributed by atoms with Crippen LogP contribution in [0.3, 0.4) is 0 Å². The number of hydrogen-bond donors (Lipinski definition) is 7. The molecule has 2 aromatic carbocycles. The Kier molecular flexibility index (Phi) is 14.8. The number of benzene rings is 2. The molecular formula is C22H31BN2O8. The van der Waals surface area contributed by atoms with Gasteiger partial charge in [0, 0.05) is 12.0 Å². The summed E-state index contributed by atoms with van der Waals surface area (Å²) < 4.78 is 0. The normalized spacial score (nSPS) is 11.6. The number of carboxylic acid groups (broad SMARTS) is 2. The van der Waals surface area contributed by atoms with Crippen molar-refractivity contribution in [3.05, 3.63) is 71.8 Å². The van der Waals surface area contributed by atoms with Crippen molar-refractivity contribution in [2.45, 2.75) is 38.8 Å². The fourth-order valence-corrected chi connectivity index (χ4v) is 2.49. The summed E-state index contributed by atoms with van der Waals surface area (Å²) in [5.74, 6) is -1.98. The number of carbonyl (C=O) groups is 3. The molecule has 33 heavy (non-hydrogen) atoms. The largest absolute Gasteiger partial charge is 0.631 e. The third-order valence-electron chi connectivity index (χ3n) is 3.96. The van der Waals surface area contributed by atoms with Gasteiger partial charge in [0.25, 0.3) is 5.91 Å². The first-order valence-corrected chi connectivity index (χ1v) is 10.1.